The van der Waals surface area contributed by atoms with Gasteiger partial charge >= 0.3 is 0 Å². The van der Waals surface area contributed by atoms with Crippen molar-refractivity contribution in [1.29, 1.82) is 0 Å². The van der Waals surface area contributed by atoms with Crippen LogP contribution >= 0.6 is 0 Å². The predicted octanol–water partition coefficient (Wildman–Crippen LogP) is 3.95. The molecular weight excluding hydrogens is 392 g/mol. The number of piperidine rings is 1. The van der Waals surface area contributed by atoms with E-state index >= 15 is 0 Å². The fraction of sp³-hybridized carbons (Fsp3) is 0.571. The highest BCUT2D eigenvalue weighted by atomic mass is 19.3. The van der Waals surface area contributed by atoms with Gasteiger partial charge in [0.05, 0.1) is 5.52 Å². The molecule has 5 rings (SSSR count). The molecule has 0 radical (unpaired) electrons. The highest BCUT2D eigenvalue weighted by molar-refractivity contribution is 5.83. The molecule has 30 heavy (non-hydrogen) atoms. The number of nitrogens with zero attached hydrogens (tertiary/aromatic N) is 5. The Morgan fingerprint density at radius 3 is 2.60 bits per heavy atom. The van der Waals surface area contributed by atoms with Gasteiger partial charge in [0.2, 0.25) is 5.89 Å². The first kappa shape index (κ1) is 19.6. The molecule has 0 bridgehead atoms. The second-order valence-corrected chi connectivity index (χ2v) is 8.18. The zero-order chi connectivity index (χ0) is 20.5. The normalized spacial score (nSPS) is 19.8. The van der Waals surface area contributed by atoms with Gasteiger partial charge in [-0.1, -0.05) is 18.2 Å². The Balaban J connectivity index is 1.28. The Labute approximate surface area is 173 Å². The summed E-state index contributed by atoms with van der Waals surface area (Å²) < 4.78 is 39.1. The summed E-state index contributed by atoms with van der Waals surface area (Å²) in [5.74, 6) is 1.68. The molecule has 0 N–H and O–H groups in total. The molecule has 0 aliphatic carbocycles. The number of aromatic nitrogens is 4. The fourth-order valence-electron chi connectivity index (χ4n) is 4.54. The zero-order valence-corrected chi connectivity index (χ0v) is 16.7. The number of hydrogen-bond acceptors (Lipinski definition) is 6. The Morgan fingerprint density at radius 1 is 1.07 bits per heavy atom. The van der Waals surface area contributed by atoms with Gasteiger partial charge in [0.15, 0.2) is 0 Å². The second kappa shape index (κ2) is 8.39. The van der Waals surface area contributed by atoms with Crippen LogP contribution in [0.1, 0.15) is 49.6 Å². The molecule has 3 aromatic rings. The first-order valence-corrected chi connectivity index (χ1v) is 10.6. The van der Waals surface area contributed by atoms with E-state index in [0.29, 0.717) is 16.8 Å². The molecule has 9 heteroatoms. The van der Waals surface area contributed by atoms with Gasteiger partial charge in [0.1, 0.15) is 5.69 Å². The summed E-state index contributed by atoms with van der Waals surface area (Å²) in [6.07, 6.45) is 1.53. The van der Waals surface area contributed by atoms with Crippen LogP contribution in [0, 0.1) is 5.92 Å². The van der Waals surface area contributed by atoms with Crippen molar-refractivity contribution < 1.29 is 18.0 Å². The summed E-state index contributed by atoms with van der Waals surface area (Å²) in [6, 6.07) is 6.87. The van der Waals surface area contributed by atoms with Gasteiger partial charge < -0.3 is 14.2 Å². The zero-order valence-electron chi connectivity index (χ0n) is 16.7. The fourth-order valence-corrected chi connectivity index (χ4v) is 4.54. The van der Waals surface area contributed by atoms with Gasteiger partial charge in [-0.25, -0.2) is 8.78 Å². The maximum absolute atomic E-state index is 13.4. The molecule has 2 fully saturated rings. The number of rotatable bonds is 5. The molecular formula is C21H25F2N5O2. The number of para-hydroxylation sites is 1. The smallest absolute Gasteiger partial charge is 0.291 e. The van der Waals surface area contributed by atoms with Crippen molar-refractivity contribution in [3.8, 4) is 5.95 Å². The Morgan fingerprint density at radius 2 is 1.83 bits per heavy atom. The average molecular weight is 417 g/mol. The van der Waals surface area contributed by atoms with Crippen LogP contribution < -0.4 is 0 Å². The lowest BCUT2D eigenvalue weighted by molar-refractivity contribution is 0.0481. The molecule has 0 amide bonds. The molecule has 2 saturated heterocycles. The maximum Gasteiger partial charge on any atom is 0.291 e. The number of fused-ring (bicyclic) bond motifs is 1. The van der Waals surface area contributed by atoms with Crippen LogP contribution in [0.3, 0.4) is 0 Å². The number of halogens is 2. The summed E-state index contributed by atoms with van der Waals surface area (Å²) in [6.45, 7) is 4.88. The maximum atomic E-state index is 13.4. The summed E-state index contributed by atoms with van der Waals surface area (Å²) in [7, 11) is 0. The number of alkyl halides is 2. The van der Waals surface area contributed by atoms with Crippen molar-refractivity contribution in [3.63, 3.8) is 0 Å². The van der Waals surface area contributed by atoms with E-state index in [9.17, 15) is 8.78 Å². The van der Waals surface area contributed by atoms with Crippen LogP contribution in [0.15, 0.2) is 28.8 Å². The molecule has 4 heterocycles. The van der Waals surface area contributed by atoms with Crippen LogP contribution in [0.4, 0.5) is 8.78 Å². The summed E-state index contributed by atoms with van der Waals surface area (Å²) in [5.41, 5.74) is 0.282. The summed E-state index contributed by atoms with van der Waals surface area (Å²) in [4.78, 5) is 7.02. The monoisotopic (exact) mass is 417 g/mol. The van der Waals surface area contributed by atoms with Crippen LogP contribution in [0.25, 0.3) is 16.9 Å². The third kappa shape index (κ3) is 3.83. The molecule has 2 aliphatic rings. The van der Waals surface area contributed by atoms with E-state index in [1.165, 1.54) is 4.68 Å². The number of hydrogen-bond donors (Lipinski definition) is 0. The number of ether oxygens (including phenoxy) is 1. The van der Waals surface area contributed by atoms with Crippen molar-refractivity contribution in [1.82, 2.24) is 24.8 Å². The lowest BCUT2D eigenvalue weighted by Gasteiger charge is -2.34. The van der Waals surface area contributed by atoms with E-state index in [0.717, 1.165) is 64.4 Å². The summed E-state index contributed by atoms with van der Waals surface area (Å²) >= 11 is 0. The van der Waals surface area contributed by atoms with Crippen molar-refractivity contribution in [2.24, 2.45) is 5.92 Å². The molecule has 2 aromatic heterocycles. The van der Waals surface area contributed by atoms with E-state index in [-0.39, 0.29) is 17.6 Å². The van der Waals surface area contributed by atoms with E-state index in [1.54, 1.807) is 24.3 Å². The second-order valence-electron chi connectivity index (χ2n) is 8.18. The molecule has 160 valence electrons. The molecule has 7 nitrogen and oxygen atoms in total. The van der Waals surface area contributed by atoms with Crippen molar-refractivity contribution >= 4 is 10.9 Å². The predicted molar refractivity (Wildman–Crippen MR) is 106 cm³/mol. The standard InChI is InChI=1S/C21H25F2N5O2/c22-19(23)18-16-3-1-2-4-17(16)28(25-18)21-24-20(30-26-21)15-5-9-27(10-6-15)13-14-7-11-29-12-8-14/h1-4,14-15,19H,5-13H2. The highest BCUT2D eigenvalue weighted by Crippen LogP contribution is 2.31. The van der Waals surface area contributed by atoms with Crippen LogP contribution in [-0.4, -0.2) is 57.7 Å². The van der Waals surface area contributed by atoms with Crippen molar-refractivity contribution in [2.75, 3.05) is 32.8 Å². The van der Waals surface area contributed by atoms with Gasteiger partial charge in [-0.05, 0) is 55.9 Å². The third-order valence-electron chi connectivity index (χ3n) is 6.24. The van der Waals surface area contributed by atoms with Gasteiger partial charge in [-0.3, -0.25) is 0 Å². The van der Waals surface area contributed by atoms with Crippen LogP contribution in [-0.2, 0) is 4.74 Å². The largest absolute Gasteiger partial charge is 0.381 e. The number of benzene rings is 1. The van der Waals surface area contributed by atoms with E-state index < -0.39 is 6.43 Å². The summed E-state index contributed by atoms with van der Waals surface area (Å²) in [5, 5.41) is 8.50. The highest BCUT2D eigenvalue weighted by Gasteiger charge is 2.28. The lowest BCUT2D eigenvalue weighted by Crippen LogP contribution is -2.38. The molecule has 0 saturated carbocycles. The van der Waals surface area contributed by atoms with E-state index in [1.807, 2.05) is 0 Å². The first-order chi connectivity index (χ1) is 14.7. The van der Waals surface area contributed by atoms with E-state index in [4.69, 9.17) is 9.26 Å². The molecule has 0 atom stereocenters. The SMILES string of the molecule is FC(F)c1nn(-c2noc(C3CCN(CC4CCOCC4)CC3)n2)c2ccccc12. The Kier molecular flexibility index (Phi) is 5.47. The number of likely N-dealkylation sites (tertiary alicyclic amines) is 1. The topological polar surface area (TPSA) is 69.2 Å². The van der Waals surface area contributed by atoms with Crippen molar-refractivity contribution in [3.05, 3.63) is 35.9 Å². The van der Waals surface area contributed by atoms with E-state index in [2.05, 4.69) is 20.1 Å². The molecule has 2 aliphatic heterocycles. The quantitative estimate of drug-likeness (QED) is 0.626. The minimum atomic E-state index is -2.66. The van der Waals surface area contributed by atoms with Crippen LogP contribution in [0.5, 0.6) is 0 Å². The van der Waals surface area contributed by atoms with Gasteiger partial charge in [0, 0.05) is 31.1 Å². The minimum absolute atomic E-state index is 0.189. The lowest BCUT2D eigenvalue weighted by atomic mass is 9.94. The molecule has 0 unspecified atom stereocenters. The van der Waals surface area contributed by atoms with Gasteiger partial charge in [0.25, 0.3) is 12.4 Å². The Hall–Kier alpha value is -2.39. The van der Waals surface area contributed by atoms with Crippen molar-refractivity contribution in [2.45, 2.75) is 38.0 Å². The van der Waals surface area contributed by atoms with Gasteiger partial charge in [-0.2, -0.15) is 14.8 Å². The molecule has 0 spiro atoms. The Bertz CT molecular complexity index is 990. The average Bonchev–Trinajstić information content (AvgIpc) is 3.40. The van der Waals surface area contributed by atoms with Crippen LogP contribution in [0.2, 0.25) is 0 Å². The van der Waals surface area contributed by atoms with Gasteiger partial charge in [-0.15, -0.1) is 0 Å². The first-order valence-electron chi connectivity index (χ1n) is 10.6. The third-order valence-corrected chi connectivity index (χ3v) is 6.24. The minimum Gasteiger partial charge on any atom is -0.381 e. The molecule has 1 aromatic carbocycles.